The average molecular weight is 423 g/mol. The fourth-order valence-electron chi connectivity index (χ4n) is 3.86. The second-order valence-corrected chi connectivity index (χ2v) is 8.55. The minimum atomic E-state index is -0.639. The molecule has 0 aliphatic carbocycles. The number of thiazole rings is 1. The predicted octanol–water partition coefficient (Wildman–Crippen LogP) is 1.89. The van der Waals surface area contributed by atoms with Crippen molar-refractivity contribution in [2.24, 2.45) is 0 Å². The summed E-state index contributed by atoms with van der Waals surface area (Å²) in [7, 11) is 0. The number of nitrogens with one attached hydrogen (secondary N) is 2. The number of fused-ring (bicyclic) bond motifs is 1. The molecule has 7 nitrogen and oxygen atoms in total. The second kappa shape index (κ2) is 7.79. The molecule has 2 fully saturated rings. The maximum atomic E-state index is 13.0. The SMILES string of the molecule is O=C(c1ccc(-c2ccc3ncsc3c2)cc1)N1CCNC(=O)C2(COC2)NCC1. The molecule has 2 N–H and O–H groups in total. The number of aromatic nitrogens is 1. The monoisotopic (exact) mass is 422 g/mol. The molecular weight excluding hydrogens is 400 g/mol. The van der Waals surface area contributed by atoms with Gasteiger partial charge in [-0.05, 0) is 35.4 Å². The highest BCUT2D eigenvalue weighted by Gasteiger charge is 2.45. The molecule has 0 radical (unpaired) electrons. The van der Waals surface area contributed by atoms with Gasteiger partial charge in [0.25, 0.3) is 5.91 Å². The van der Waals surface area contributed by atoms with E-state index < -0.39 is 5.54 Å². The third-order valence-corrected chi connectivity index (χ3v) is 6.52. The van der Waals surface area contributed by atoms with E-state index in [0.29, 0.717) is 45.0 Å². The predicted molar refractivity (Wildman–Crippen MR) is 116 cm³/mol. The van der Waals surface area contributed by atoms with Gasteiger partial charge in [0.1, 0.15) is 5.54 Å². The lowest BCUT2D eigenvalue weighted by Crippen LogP contribution is -2.69. The lowest BCUT2D eigenvalue weighted by molar-refractivity contribution is -0.147. The Balaban J connectivity index is 1.30. The van der Waals surface area contributed by atoms with Crippen LogP contribution in [0.15, 0.2) is 48.0 Å². The molecule has 3 heterocycles. The Bertz CT molecular complexity index is 1090. The number of carbonyl (C=O) groups is 2. The van der Waals surface area contributed by atoms with E-state index in [1.165, 1.54) is 0 Å². The summed E-state index contributed by atoms with van der Waals surface area (Å²) in [5.41, 5.74) is 5.02. The Morgan fingerprint density at radius 3 is 2.60 bits per heavy atom. The molecule has 8 heteroatoms. The van der Waals surface area contributed by atoms with E-state index in [-0.39, 0.29) is 11.8 Å². The summed E-state index contributed by atoms with van der Waals surface area (Å²) in [5.74, 6) is -0.0818. The van der Waals surface area contributed by atoms with Gasteiger partial charge in [0.2, 0.25) is 5.91 Å². The molecule has 0 saturated carbocycles. The Morgan fingerprint density at radius 2 is 1.83 bits per heavy atom. The van der Waals surface area contributed by atoms with E-state index >= 15 is 0 Å². The summed E-state index contributed by atoms with van der Waals surface area (Å²) >= 11 is 1.62. The molecule has 2 aromatic carbocycles. The molecular formula is C22H22N4O3S. The van der Waals surface area contributed by atoms with E-state index in [1.807, 2.05) is 35.8 Å². The zero-order valence-electron chi connectivity index (χ0n) is 16.4. The summed E-state index contributed by atoms with van der Waals surface area (Å²) in [6.07, 6.45) is 0. The van der Waals surface area contributed by atoms with Crippen molar-refractivity contribution in [3.8, 4) is 11.1 Å². The van der Waals surface area contributed by atoms with E-state index in [0.717, 1.165) is 21.3 Å². The van der Waals surface area contributed by atoms with Gasteiger partial charge >= 0.3 is 0 Å². The van der Waals surface area contributed by atoms with Crippen molar-refractivity contribution < 1.29 is 14.3 Å². The Kier molecular flexibility index (Phi) is 4.98. The van der Waals surface area contributed by atoms with Crippen molar-refractivity contribution in [2.75, 3.05) is 39.4 Å². The molecule has 3 aromatic rings. The van der Waals surface area contributed by atoms with Crippen LogP contribution in [-0.4, -0.2) is 66.6 Å². The van der Waals surface area contributed by atoms with Crippen LogP contribution in [0, 0.1) is 0 Å². The van der Waals surface area contributed by atoms with Gasteiger partial charge < -0.3 is 15.0 Å². The molecule has 2 saturated heterocycles. The van der Waals surface area contributed by atoms with Crippen molar-refractivity contribution in [1.29, 1.82) is 0 Å². The van der Waals surface area contributed by atoms with Crippen LogP contribution >= 0.6 is 11.3 Å². The van der Waals surface area contributed by atoms with Crippen LogP contribution in [0.1, 0.15) is 10.4 Å². The highest BCUT2D eigenvalue weighted by atomic mass is 32.1. The van der Waals surface area contributed by atoms with Crippen molar-refractivity contribution in [3.63, 3.8) is 0 Å². The molecule has 2 amide bonds. The average Bonchev–Trinajstić information content (AvgIpc) is 3.23. The first kappa shape index (κ1) is 19.2. The first-order chi connectivity index (χ1) is 14.6. The molecule has 2 aliphatic rings. The zero-order valence-corrected chi connectivity index (χ0v) is 17.2. The highest BCUT2D eigenvalue weighted by molar-refractivity contribution is 7.16. The number of rotatable bonds is 2. The standard InChI is InChI=1S/C22H22N4O3S/c27-20(26-9-7-23-21(28)22(12-29-13-22)25-8-10-26)16-3-1-15(2-4-16)17-5-6-18-19(11-17)30-14-24-18/h1-6,11,14,25H,7-10,12-13H2,(H,23,28). The van der Waals surface area contributed by atoms with Crippen LogP contribution in [0.3, 0.4) is 0 Å². The number of benzene rings is 2. The van der Waals surface area contributed by atoms with Crippen LogP contribution in [0.5, 0.6) is 0 Å². The van der Waals surface area contributed by atoms with Gasteiger partial charge in [-0.25, -0.2) is 4.98 Å². The molecule has 1 spiro atoms. The van der Waals surface area contributed by atoms with Gasteiger partial charge in [-0.1, -0.05) is 18.2 Å². The third kappa shape index (κ3) is 3.47. The fourth-order valence-corrected chi connectivity index (χ4v) is 4.58. The number of carbonyl (C=O) groups excluding carboxylic acids is 2. The number of hydrogen-bond acceptors (Lipinski definition) is 6. The molecule has 154 valence electrons. The number of amides is 2. The molecule has 0 unspecified atom stereocenters. The van der Waals surface area contributed by atoms with Gasteiger partial charge in [-0.15, -0.1) is 11.3 Å². The minimum absolute atomic E-state index is 0.0312. The van der Waals surface area contributed by atoms with Crippen LogP contribution in [0.2, 0.25) is 0 Å². The minimum Gasteiger partial charge on any atom is -0.376 e. The van der Waals surface area contributed by atoms with Gasteiger partial charge in [0, 0.05) is 31.7 Å². The lowest BCUT2D eigenvalue weighted by atomic mass is 9.96. The van der Waals surface area contributed by atoms with Crippen LogP contribution in [0.4, 0.5) is 0 Å². The van der Waals surface area contributed by atoms with Crippen LogP contribution < -0.4 is 10.6 Å². The van der Waals surface area contributed by atoms with Gasteiger partial charge in [0.15, 0.2) is 0 Å². The number of nitrogens with zero attached hydrogens (tertiary/aromatic N) is 2. The molecule has 2 aliphatic heterocycles. The molecule has 30 heavy (non-hydrogen) atoms. The van der Waals surface area contributed by atoms with Crippen molar-refractivity contribution in [2.45, 2.75) is 5.54 Å². The van der Waals surface area contributed by atoms with Crippen LogP contribution in [-0.2, 0) is 9.53 Å². The summed E-state index contributed by atoms with van der Waals surface area (Å²) in [5, 5.41) is 6.19. The van der Waals surface area contributed by atoms with Crippen molar-refractivity contribution >= 4 is 33.4 Å². The molecule has 1 aromatic heterocycles. The summed E-state index contributed by atoms with van der Waals surface area (Å²) < 4.78 is 6.37. The van der Waals surface area contributed by atoms with Gasteiger partial charge in [-0.2, -0.15) is 0 Å². The van der Waals surface area contributed by atoms with Crippen molar-refractivity contribution in [1.82, 2.24) is 20.5 Å². The lowest BCUT2D eigenvalue weighted by Gasteiger charge is -2.40. The smallest absolute Gasteiger partial charge is 0.253 e. The maximum absolute atomic E-state index is 13.0. The quantitative estimate of drug-likeness (QED) is 0.659. The highest BCUT2D eigenvalue weighted by Crippen LogP contribution is 2.26. The van der Waals surface area contributed by atoms with E-state index in [9.17, 15) is 9.59 Å². The first-order valence-corrected chi connectivity index (χ1v) is 10.9. The van der Waals surface area contributed by atoms with Gasteiger partial charge in [-0.3, -0.25) is 14.9 Å². The van der Waals surface area contributed by atoms with Crippen molar-refractivity contribution in [3.05, 3.63) is 53.5 Å². The molecule has 5 rings (SSSR count). The van der Waals surface area contributed by atoms with Crippen LogP contribution in [0.25, 0.3) is 21.3 Å². The molecule has 0 bridgehead atoms. The van der Waals surface area contributed by atoms with Gasteiger partial charge in [0.05, 0.1) is 28.9 Å². The Morgan fingerprint density at radius 1 is 1.07 bits per heavy atom. The fraction of sp³-hybridized carbons (Fsp3) is 0.318. The first-order valence-electron chi connectivity index (χ1n) is 9.99. The Labute approximate surface area is 178 Å². The zero-order chi connectivity index (χ0) is 20.6. The Hall–Kier alpha value is -2.81. The number of ether oxygens (including phenoxy) is 1. The number of hydrogen-bond donors (Lipinski definition) is 2. The topological polar surface area (TPSA) is 83.6 Å². The third-order valence-electron chi connectivity index (χ3n) is 5.73. The largest absolute Gasteiger partial charge is 0.376 e. The second-order valence-electron chi connectivity index (χ2n) is 7.66. The molecule has 0 atom stereocenters. The maximum Gasteiger partial charge on any atom is 0.253 e. The normalized spacial score (nSPS) is 18.9. The van der Waals surface area contributed by atoms with E-state index in [2.05, 4.69) is 27.8 Å². The summed E-state index contributed by atoms with van der Waals surface area (Å²) in [4.78, 5) is 31.5. The summed E-state index contributed by atoms with van der Waals surface area (Å²) in [6, 6.07) is 13.9. The summed E-state index contributed by atoms with van der Waals surface area (Å²) in [6.45, 7) is 2.76. The van der Waals surface area contributed by atoms with E-state index in [4.69, 9.17) is 4.74 Å². The van der Waals surface area contributed by atoms with E-state index in [1.54, 1.807) is 16.2 Å².